The Kier molecular flexibility index (Phi) is 9.18. The maximum atomic E-state index is 13.0. The van der Waals surface area contributed by atoms with E-state index in [9.17, 15) is 23.3 Å². The maximum absolute atomic E-state index is 13.0. The predicted octanol–water partition coefficient (Wildman–Crippen LogP) is 3.91. The fourth-order valence-corrected chi connectivity index (χ4v) is 5.03. The monoisotopic (exact) mass is 498 g/mol. The molecule has 2 amide bonds. The summed E-state index contributed by atoms with van der Waals surface area (Å²) in [7, 11) is -3.72. The van der Waals surface area contributed by atoms with Crippen LogP contribution in [0.25, 0.3) is 0 Å². The minimum absolute atomic E-state index is 0.0276. The van der Waals surface area contributed by atoms with Crippen LogP contribution < -0.4 is 10.6 Å². The van der Waals surface area contributed by atoms with Crippen LogP contribution in [0, 0.1) is 17.2 Å². The van der Waals surface area contributed by atoms with Crippen LogP contribution in [0.5, 0.6) is 0 Å². The first-order valence-electron chi connectivity index (χ1n) is 11.6. The molecule has 1 unspecified atom stereocenters. The predicted molar refractivity (Wildman–Crippen MR) is 136 cm³/mol. The lowest BCUT2D eigenvalue weighted by Gasteiger charge is -2.23. The molecular formula is C26H34N4O4S. The Morgan fingerprint density at radius 3 is 2.17 bits per heavy atom. The van der Waals surface area contributed by atoms with Crippen molar-refractivity contribution >= 4 is 27.5 Å². The topological polar surface area (TPSA) is 119 Å². The molecule has 0 spiro atoms. The summed E-state index contributed by atoms with van der Waals surface area (Å²) in [6.45, 7) is 11.4. The molecule has 0 heterocycles. The van der Waals surface area contributed by atoms with E-state index in [0.29, 0.717) is 18.8 Å². The van der Waals surface area contributed by atoms with Gasteiger partial charge in [0.05, 0.1) is 16.4 Å². The average molecular weight is 499 g/mol. The van der Waals surface area contributed by atoms with Gasteiger partial charge in [-0.1, -0.05) is 45.9 Å². The highest BCUT2D eigenvalue weighted by Crippen LogP contribution is 2.24. The van der Waals surface area contributed by atoms with Gasteiger partial charge in [0.15, 0.2) is 0 Å². The Bertz CT molecular complexity index is 1190. The van der Waals surface area contributed by atoms with E-state index < -0.39 is 33.3 Å². The molecule has 0 bridgehead atoms. The highest BCUT2D eigenvalue weighted by Gasteiger charge is 2.27. The van der Waals surface area contributed by atoms with Crippen LogP contribution in [-0.4, -0.2) is 43.7 Å². The number of amides is 2. The van der Waals surface area contributed by atoms with E-state index in [1.54, 1.807) is 38.1 Å². The molecule has 8 nitrogen and oxygen atoms in total. The van der Waals surface area contributed by atoms with E-state index in [-0.39, 0.29) is 16.4 Å². The largest absolute Gasteiger partial charge is 0.340 e. The molecule has 0 aliphatic heterocycles. The number of rotatable bonds is 10. The van der Waals surface area contributed by atoms with Crippen molar-refractivity contribution in [2.45, 2.75) is 57.9 Å². The van der Waals surface area contributed by atoms with Crippen molar-refractivity contribution in [3.8, 4) is 6.07 Å². The fourth-order valence-electron chi connectivity index (χ4n) is 3.52. The average Bonchev–Trinajstić information content (AvgIpc) is 2.83. The van der Waals surface area contributed by atoms with Gasteiger partial charge in [0.2, 0.25) is 15.9 Å². The smallest absolute Gasteiger partial charge is 0.251 e. The van der Waals surface area contributed by atoms with Crippen LogP contribution in [-0.2, 0) is 20.2 Å². The van der Waals surface area contributed by atoms with Crippen molar-refractivity contribution in [3.05, 3.63) is 59.7 Å². The first-order chi connectivity index (χ1) is 16.4. The van der Waals surface area contributed by atoms with Gasteiger partial charge in [-0.15, -0.1) is 0 Å². The number of benzene rings is 2. The molecule has 9 heteroatoms. The molecular weight excluding hydrogens is 464 g/mol. The molecule has 1 atom stereocenters. The first-order valence-corrected chi connectivity index (χ1v) is 13.0. The van der Waals surface area contributed by atoms with Gasteiger partial charge in [-0.2, -0.15) is 9.57 Å². The second-order valence-corrected chi connectivity index (χ2v) is 11.1. The number of sulfonamides is 1. The van der Waals surface area contributed by atoms with Crippen molar-refractivity contribution in [1.82, 2.24) is 9.62 Å². The van der Waals surface area contributed by atoms with Crippen LogP contribution in [0.2, 0.25) is 0 Å². The summed E-state index contributed by atoms with van der Waals surface area (Å²) in [5, 5.41) is 14.8. The lowest BCUT2D eigenvalue weighted by molar-refractivity contribution is -0.118. The quantitative estimate of drug-likeness (QED) is 0.515. The normalized spacial score (nSPS) is 12.8. The van der Waals surface area contributed by atoms with E-state index in [1.165, 1.54) is 28.6 Å². The van der Waals surface area contributed by atoms with Gasteiger partial charge in [-0.05, 0) is 55.7 Å². The van der Waals surface area contributed by atoms with E-state index in [1.807, 2.05) is 27.7 Å². The Labute approximate surface area is 208 Å². The van der Waals surface area contributed by atoms with Gasteiger partial charge >= 0.3 is 0 Å². The second-order valence-electron chi connectivity index (χ2n) is 9.12. The Hall–Kier alpha value is -3.22. The lowest BCUT2D eigenvalue weighted by Crippen LogP contribution is -2.47. The summed E-state index contributed by atoms with van der Waals surface area (Å²) in [6, 6.07) is 14.2. The van der Waals surface area contributed by atoms with Crippen LogP contribution in [0.1, 0.15) is 57.5 Å². The molecule has 0 aromatic heterocycles. The number of hydrogen-bond acceptors (Lipinski definition) is 5. The highest BCUT2D eigenvalue weighted by molar-refractivity contribution is 7.89. The van der Waals surface area contributed by atoms with E-state index >= 15 is 0 Å². The van der Waals surface area contributed by atoms with Gasteiger partial charge < -0.3 is 10.6 Å². The number of nitrogens with zero attached hydrogens (tertiary/aromatic N) is 2. The Morgan fingerprint density at radius 1 is 1.06 bits per heavy atom. The third kappa shape index (κ3) is 6.68. The molecule has 2 N–H and O–H groups in total. The van der Waals surface area contributed by atoms with Gasteiger partial charge in [0.1, 0.15) is 6.04 Å². The minimum Gasteiger partial charge on any atom is -0.340 e. The summed E-state index contributed by atoms with van der Waals surface area (Å²) in [6.07, 6.45) is 0. The van der Waals surface area contributed by atoms with Crippen molar-refractivity contribution < 1.29 is 18.0 Å². The summed E-state index contributed by atoms with van der Waals surface area (Å²) >= 11 is 0. The van der Waals surface area contributed by atoms with E-state index in [2.05, 4.69) is 16.7 Å². The molecule has 0 fully saturated rings. The highest BCUT2D eigenvalue weighted by atomic mass is 32.2. The summed E-state index contributed by atoms with van der Waals surface area (Å²) in [5.74, 6) is -1.16. The van der Waals surface area contributed by atoms with Crippen molar-refractivity contribution in [2.75, 3.05) is 18.4 Å². The van der Waals surface area contributed by atoms with Gasteiger partial charge in [0.25, 0.3) is 5.91 Å². The third-order valence-electron chi connectivity index (χ3n) is 5.83. The molecule has 0 aliphatic rings. The van der Waals surface area contributed by atoms with Crippen molar-refractivity contribution in [2.24, 2.45) is 5.92 Å². The molecule has 0 radical (unpaired) electrons. The van der Waals surface area contributed by atoms with Crippen LogP contribution in [0.15, 0.2) is 53.4 Å². The summed E-state index contributed by atoms with van der Waals surface area (Å²) < 4.78 is 27.0. The molecule has 0 saturated carbocycles. The number of nitriles is 1. The first kappa shape index (κ1) is 28.0. The molecule has 0 saturated heterocycles. The minimum atomic E-state index is -3.72. The van der Waals surface area contributed by atoms with Gasteiger partial charge in [0, 0.05) is 24.3 Å². The number of anilines is 1. The third-order valence-corrected chi connectivity index (χ3v) is 7.87. The number of hydrogen-bond donors (Lipinski definition) is 2. The second kappa shape index (κ2) is 11.5. The summed E-state index contributed by atoms with van der Waals surface area (Å²) in [4.78, 5) is 26.0. The summed E-state index contributed by atoms with van der Waals surface area (Å²) in [5.41, 5.74) is 0.871. The van der Waals surface area contributed by atoms with Crippen LogP contribution in [0.3, 0.4) is 0 Å². The molecule has 0 aliphatic carbocycles. The SMILES string of the molecule is CCN(CC)S(=O)(=O)c1cccc(C(=O)NC(C(=O)Nc2ccc(C(C)(C)C#N)cc2)C(C)C)c1. The zero-order chi connectivity index (χ0) is 26.4. The van der Waals surface area contributed by atoms with Crippen LogP contribution >= 0.6 is 0 Å². The van der Waals surface area contributed by atoms with E-state index in [0.717, 1.165) is 5.56 Å². The number of carbonyl (C=O) groups is 2. The lowest BCUT2D eigenvalue weighted by atomic mass is 9.86. The van der Waals surface area contributed by atoms with Crippen molar-refractivity contribution in [3.63, 3.8) is 0 Å². The molecule has 2 aromatic carbocycles. The molecule has 2 rings (SSSR count). The molecule has 2 aromatic rings. The van der Waals surface area contributed by atoms with Crippen LogP contribution in [0.4, 0.5) is 5.69 Å². The van der Waals surface area contributed by atoms with E-state index in [4.69, 9.17) is 0 Å². The number of nitrogens with one attached hydrogen (secondary N) is 2. The molecule has 188 valence electrons. The fraction of sp³-hybridized carbons (Fsp3) is 0.423. The molecule has 35 heavy (non-hydrogen) atoms. The maximum Gasteiger partial charge on any atom is 0.251 e. The van der Waals surface area contributed by atoms with Crippen molar-refractivity contribution in [1.29, 1.82) is 5.26 Å². The Balaban J connectivity index is 2.20. The standard InChI is InChI=1S/C26H34N4O4S/c1-7-30(8-2)35(33,34)22-11-9-10-19(16-22)24(31)29-23(18(3)4)25(32)28-21-14-12-20(13-15-21)26(5,6)17-27/h9-16,18,23H,7-8H2,1-6H3,(H,28,32)(H,29,31). The Morgan fingerprint density at radius 2 is 1.66 bits per heavy atom. The zero-order valence-corrected chi connectivity index (χ0v) is 21.9. The van der Waals surface area contributed by atoms with Gasteiger partial charge in [-0.3, -0.25) is 9.59 Å². The number of carbonyl (C=O) groups excluding carboxylic acids is 2. The van der Waals surface area contributed by atoms with Gasteiger partial charge in [-0.25, -0.2) is 8.42 Å². The zero-order valence-electron chi connectivity index (χ0n) is 21.1.